The Morgan fingerprint density at radius 3 is 1.79 bits per heavy atom. The van der Waals surface area contributed by atoms with Gasteiger partial charge in [-0.15, -0.1) is 0 Å². The first-order valence-corrected chi connectivity index (χ1v) is 10.7. The molecule has 0 aromatic heterocycles. The highest BCUT2D eigenvalue weighted by Gasteiger charge is 2.08. The van der Waals surface area contributed by atoms with E-state index in [-0.39, 0.29) is 0 Å². The summed E-state index contributed by atoms with van der Waals surface area (Å²) in [7, 11) is 0. The summed E-state index contributed by atoms with van der Waals surface area (Å²) < 4.78 is 3.08. The third-order valence-electron chi connectivity index (χ3n) is 3.47. The van der Waals surface area contributed by atoms with E-state index >= 15 is 0 Å². The molecule has 1 aromatic rings. The van der Waals surface area contributed by atoms with E-state index in [4.69, 9.17) is 0 Å². The Labute approximate surface area is 130 Å². The third kappa shape index (κ3) is 10.4. The van der Waals surface area contributed by atoms with Crippen LogP contribution < -0.4 is 21.2 Å². The SMILES string of the molecule is CCCCCCCCCCCC[I+]c1ccccc1. The lowest BCUT2D eigenvalue weighted by Gasteiger charge is -2.00. The van der Waals surface area contributed by atoms with Crippen LogP contribution in [0.2, 0.25) is 0 Å². The molecule has 108 valence electrons. The minimum absolute atomic E-state index is 0.290. The van der Waals surface area contributed by atoms with Gasteiger partial charge in [0, 0.05) is 0 Å². The maximum atomic E-state index is 2.30. The molecule has 0 unspecified atom stereocenters. The zero-order valence-electron chi connectivity index (χ0n) is 12.5. The fourth-order valence-corrected chi connectivity index (χ4v) is 4.73. The topological polar surface area (TPSA) is 0 Å². The molecule has 0 saturated carbocycles. The maximum absolute atomic E-state index is 2.30. The van der Waals surface area contributed by atoms with E-state index in [0.29, 0.717) is 21.2 Å². The summed E-state index contributed by atoms with van der Waals surface area (Å²) in [6, 6.07) is 11.1. The minimum Gasteiger partial charge on any atom is -0.0654 e. The number of rotatable bonds is 12. The predicted molar refractivity (Wildman–Crippen MR) is 81.9 cm³/mol. The Hall–Kier alpha value is -0.0500. The molecule has 0 fully saturated rings. The molecule has 0 saturated heterocycles. The molecule has 0 heterocycles. The summed E-state index contributed by atoms with van der Waals surface area (Å²) in [6.45, 7) is 2.29. The monoisotopic (exact) mass is 373 g/mol. The van der Waals surface area contributed by atoms with Gasteiger partial charge in [-0.3, -0.25) is 0 Å². The van der Waals surface area contributed by atoms with Crippen LogP contribution >= 0.6 is 0 Å². The average molecular weight is 373 g/mol. The molecular formula is C18H30I+. The summed E-state index contributed by atoms with van der Waals surface area (Å²) >= 11 is 0.290. The van der Waals surface area contributed by atoms with Crippen molar-refractivity contribution >= 4 is 0 Å². The second-order valence-corrected chi connectivity index (χ2v) is 8.39. The van der Waals surface area contributed by atoms with Crippen LogP contribution in [0.4, 0.5) is 0 Å². The highest BCUT2D eigenvalue weighted by molar-refractivity contribution is 4.98. The van der Waals surface area contributed by atoms with E-state index in [1.165, 1.54) is 68.6 Å². The van der Waals surface area contributed by atoms with Crippen LogP contribution in [-0.4, -0.2) is 4.43 Å². The van der Waals surface area contributed by atoms with Crippen molar-refractivity contribution in [2.45, 2.75) is 71.1 Å². The van der Waals surface area contributed by atoms with Crippen LogP contribution in [0.25, 0.3) is 0 Å². The van der Waals surface area contributed by atoms with E-state index in [2.05, 4.69) is 37.3 Å². The summed E-state index contributed by atoms with van der Waals surface area (Å²) in [4.78, 5) is 0. The van der Waals surface area contributed by atoms with Crippen LogP contribution in [0.15, 0.2) is 30.3 Å². The van der Waals surface area contributed by atoms with Gasteiger partial charge in [0.1, 0.15) is 4.43 Å². The van der Waals surface area contributed by atoms with Gasteiger partial charge in [0.25, 0.3) is 0 Å². The third-order valence-corrected chi connectivity index (χ3v) is 6.37. The van der Waals surface area contributed by atoms with E-state index in [1.54, 1.807) is 3.57 Å². The molecule has 1 aromatic carbocycles. The molecule has 19 heavy (non-hydrogen) atoms. The fraction of sp³-hybridized carbons (Fsp3) is 0.667. The van der Waals surface area contributed by atoms with Gasteiger partial charge in [-0.2, -0.15) is 0 Å². The first-order chi connectivity index (χ1) is 9.43. The zero-order chi connectivity index (χ0) is 13.6. The van der Waals surface area contributed by atoms with Gasteiger partial charge in [-0.1, -0.05) is 76.5 Å². The molecule has 0 N–H and O–H groups in total. The average Bonchev–Trinajstić information content (AvgIpc) is 2.46. The Balaban J connectivity index is 1.79. The summed E-state index contributed by atoms with van der Waals surface area (Å²) in [6.07, 6.45) is 14.5. The van der Waals surface area contributed by atoms with Gasteiger partial charge < -0.3 is 0 Å². The Morgan fingerprint density at radius 2 is 1.21 bits per heavy atom. The van der Waals surface area contributed by atoms with Crippen molar-refractivity contribution in [3.05, 3.63) is 33.9 Å². The smallest absolute Gasteiger partial charge is 0.0654 e. The molecule has 0 amide bonds. The molecule has 0 aliphatic heterocycles. The van der Waals surface area contributed by atoms with Crippen LogP contribution in [0.1, 0.15) is 71.1 Å². The second-order valence-electron chi connectivity index (χ2n) is 5.30. The standard InChI is InChI=1S/C18H30I/c1-2-3-4-5-6-7-8-9-10-14-17-19-18-15-12-11-13-16-18/h11-13,15-16H,2-10,14,17H2,1H3/q+1. The van der Waals surface area contributed by atoms with Crippen molar-refractivity contribution in [1.29, 1.82) is 0 Å². The van der Waals surface area contributed by atoms with E-state index in [0.717, 1.165) is 0 Å². The molecule has 0 bridgehead atoms. The van der Waals surface area contributed by atoms with Crippen LogP contribution in [0.5, 0.6) is 0 Å². The first-order valence-electron chi connectivity index (χ1n) is 8.07. The van der Waals surface area contributed by atoms with Crippen LogP contribution in [0.3, 0.4) is 0 Å². The fourth-order valence-electron chi connectivity index (χ4n) is 2.26. The number of unbranched alkanes of at least 4 members (excludes halogenated alkanes) is 9. The highest BCUT2D eigenvalue weighted by Crippen LogP contribution is 2.09. The Kier molecular flexibility index (Phi) is 11.6. The highest BCUT2D eigenvalue weighted by atomic mass is 127. The summed E-state index contributed by atoms with van der Waals surface area (Å²) in [5, 5.41) is 0. The lowest BCUT2D eigenvalue weighted by Crippen LogP contribution is -3.62. The van der Waals surface area contributed by atoms with Crippen molar-refractivity contribution < 1.29 is 21.2 Å². The molecule has 1 heteroatoms. The van der Waals surface area contributed by atoms with Gasteiger partial charge in [0.05, 0.1) is 0 Å². The largest absolute Gasteiger partial charge is 0.313 e. The number of alkyl halides is 1. The minimum atomic E-state index is 0.290. The van der Waals surface area contributed by atoms with Gasteiger partial charge in [0.15, 0.2) is 3.57 Å². The van der Waals surface area contributed by atoms with Gasteiger partial charge in [-0.25, -0.2) is 0 Å². The molecule has 0 atom stereocenters. The number of hydrogen-bond acceptors (Lipinski definition) is 0. The van der Waals surface area contributed by atoms with Crippen molar-refractivity contribution in [2.24, 2.45) is 0 Å². The van der Waals surface area contributed by atoms with Crippen molar-refractivity contribution in [2.75, 3.05) is 4.43 Å². The van der Waals surface area contributed by atoms with Gasteiger partial charge in [0.2, 0.25) is 0 Å². The van der Waals surface area contributed by atoms with Crippen LogP contribution in [0, 0.1) is 3.57 Å². The summed E-state index contributed by atoms with van der Waals surface area (Å²) in [5.74, 6) is 0. The Morgan fingerprint density at radius 1 is 0.684 bits per heavy atom. The number of hydrogen-bond donors (Lipinski definition) is 0. The quantitative estimate of drug-likeness (QED) is 0.300. The molecule has 0 aliphatic rings. The van der Waals surface area contributed by atoms with Crippen molar-refractivity contribution in [1.82, 2.24) is 0 Å². The Bertz CT molecular complexity index is 281. The lowest BCUT2D eigenvalue weighted by molar-refractivity contribution is -0.627. The normalized spacial score (nSPS) is 10.8. The van der Waals surface area contributed by atoms with E-state index in [1.807, 2.05) is 0 Å². The second kappa shape index (κ2) is 13.0. The first kappa shape index (κ1) is 17.0. The number of halogens is 1. The molecule has 0 radical (unpaired) electrons. The van der Waals surface area contributed by atoms with Crippen molar-refractivity contribution in [3.8, 4) is 0 Å². The van der Waals surface area contributed by atoms with Gasteiger partial charge in [-0.05, 0) is 25.0 Å². The predicted octanol–water partition coefficient (Wildman–Crippen LogP) is 2.87. The molecule has 0 spiro atoms. The van der Waals surface area contributed by atoms with Gasteiger partial charge >= 0.3 is 21.2 Å². The zero-order valence-corrected chi connectivity index (χ0v) is 14.7. The van der Waals surface area contributed by atoms with E-state index in [9.17, 15) is 0 Å². The molecule has 0 nitrogen and oxygen atoms in total. The number of benzene rings is 1. The summed E-state index contributed by atoms with van der Waals surface area (Å²) in [5.41, 5.74) is 0. The maximum Gasteiger partial charge on any atom is 0.313 e. The van der Waals surface area contributed by atoms with Crippen molar-refractivity contribution in [3.63, 3.8) is 0 Å². The lowest BCUT2D eigenvalue weighted by atomic mass is 10.1. The van der Waals surface area contributed by atoms with Crippen LogP contribution in [-0.2, 0) is 0 Å². The molecule has 1 rings (SSSR count). The van der Waals surface area contributed by atoms with E-state index < -0.39 is 0 Å². The molecule has 0 aliphatic carbocycles. The molecular weight excluding hydrogens is 343 g/mol.